The molecule has 146 valence electrons. The monoisotopic (exact) mass is 376 g/mol. The Labute approximate surface area is 166 Å². The van der Waals surface area contributed by atoms with Gasteiger partial charge in [-0.15, -0.1) is 0 Å². The van der Waals surface area contributed by atoms with Crippen LogP contribution in [-0.2, 0) is 4.79 Å². The number of piperidine rings is 1. The van der Waals surface area contributed by atoms with Gasteiger partial charge in [0.25, 0.3) is 0 Å². The molecule has 5 heteroatoms. The topological polar surface area (TPSA) is 50.5 Å². The number of hydrogen-bond acceptors (Lipinski definition) is 3. The Morgan fingerprint density at radius 3 is 2.79 bits per heavy atom. The molecule has 0 N–H and O–H groups in total. The van der Waals surface area contributed by atoms with E-state index < -0.39 is 0 Å². The highest BCUT2D eigenvalue weighted by Gasteiger charge is 2.32. The first-order valence-electron chi connectivity index (χ1n) is 10.0. The number of pyridine rings is 2. The van der Waals surface area contributed by atoms with Crippen molar-refractivity contribution < 1.29 is 4.79 Å². The summed E-state index contributed by atoms with van der Waals surface area (Å²) in [6, 6.07) is 10.3. The SMILES string of the molecule is Cc1ccc2ncc(-c3cccc([C@@H]4CCCN(C(=O)C(C)(C)C)C4)n3)n2c1. The second kappa shape index (κ2) is 7.04. The number of nitrogens with zero attached hydrogens (tertiary/aromatic N) is 4. The average molecular weight is 377 g/mol. The van der Waals surface area contributed by atoms with Gasteiger partial charge in [-0.3, -0.25) is 14.2 Å². The quantitative estimate of drug-likeness (QED) is 0.664. The molecule has 1 fully saturated rings. The van der Waals surface area contributed by atoms with E-state index in [1.165, 1.54) is 5.56 Å². The first kappa shape index (κ1) is 18.7. The zero-order valence-corrected chi connectivity index (χ0v) is 17.1. The van der Waals surface area contributed by atoms with Crippen LogP contribution in [0.2, 0.25) is 0 Å². The maximum absolute atomic E-state index is 12.7. The molecule has 0 aromatic carbocycles. The molecule has 0 aliphatic carbocycles. The molecular formula is C23H28N4O. The summed E-state index contributed by atoms with van der Waals surface area (Å²) in [6.45, 7) is 9.65. The minimum absolute atomic E-state index is 0.227. The van der Waals surface area contributed by atoms with E-state index in [1.807, 2.05) is 44.0 Å². The normalized spacial score (nSPS) is 17.9. The van der Waals surface area contributed by atoms with Gasteiger partial charge in [0.05, 0.1) is 17.6 Å². The standard InChI is InChI=1S/C23H28N4O/c1-16-10-11-21-24-13-20(27(21)14-16)19-9-5-8-18(25-19)17-7-6-12-26(15-17)22(28)23(2,3)4/h5,8-11,13-14,17H,6-7,12,15H2,1-4H3/t17-/m1/s1. The van der Waals surface area contributed by atoms with Crippen LogP contribution in [0.4, 0.5) is 0 Å². The van der Waals surface area contributed by atoms with Crippen molar-refractivity contribution in [3.05, 3.63) is 54.0 Å². The molecule has 1 aliphatic rings. The molecule has 28 heavy (non-hydrogen) atoms. The highest BCUT2D eigenvalue weighted by molar-refractivity contribution is 5.81. The number of aryl methyl sites for hydroxylation is 1. The molecule has 0 saturated carbocycles. The molecule has 0 unspecified atom stereocenters. The summed E-state index contributed by atoms with van der Waals surface area (Å²) in [4.78, 5) is 24.2. The minimum Gasteiger partial charge on any atom is -0.342 e. The lowest BCUT2D eigenvalue weighted by Gasteiger charge is -2.36. The Morgan fingerprint density at radius 2 is 2.00 bits per heavy atom. The Hall–Kier alpha value is -2.69. The lowest BCUT2D eigenvalue weighted by molar-refractivity contribution is -0.140. The number of amides is 1. The molecule has 4 heterocycles. The Bertz CT molecular complexity index is 1010. The van der Waals surface area contributed by atoms with Crippen LogP contribution in [0.3, 0.4) is 0 Å². The molecule has 4 rings (SSSR count). The number of rotatable bonds is 2. The van der Waals surface area contributed by atoms with Crippen LogP contribution in [0.1, 0.15) is 50.8 Å². The second-order valence-corrected chi connectivity index (χ2v) is 8.87. The Morgan fingerprint density at radius 1 is 1.18 bits per heavy atom. The number of imidazole rings is 1. The molecule has 3 aromatic heterocycles. The van der Waals surface area contributed by atoms with E-state index in [0.717, 1.165) is 48.7 Å². The first-order chi connectivity index (χ1) is 13.3. The van der Waals surface area contributed by atoms with Crippen molar-refractivity contribution >= 4 is 11.6 Å². The molecule has 0 bridgehead atoms. The lowest BCUT2D eigenvalue weighted by atomic mass is 9.89. The number of hydrogen-bond donors (Lipinski definition) is 0. The van der Waals surface area contributed by atoms with Crippen LogP contribution >= 0.6 is 0 Å². The maximum atomic E-state index is 12.7. The van der Waals surface area contributed by atoms with Crippen LogP contribution in [0, 0.1) is 12.3 Å². The summed E-state index contributed by atoms with van der Waals surface area (Å²) in [5.74, 6) is 0.506. The van der Waals surface area contributed by atoms with Crippen molar-refractivity contribution in [1.82, 2.24) is 19.3 Å². The van der Waals surface area contributed by atoms with Crippen LogP contribution < -0.4 is 0 Å². The van der Waals surface area contributed by atoms with Crippen molar-refractivity contribution in [3.63, 3.8) is 0 Å². The number of aromatic nitrogens is 3. The van der Waals surface area contributed by atoms with Crippen molar-refractivity contribution in [2.45, 2.75) is 46.5 Å². The van der Waals surface area contributed by atoms with E-state index in [-0.39, 0.29) is 17.2 Å². The van der Waals surface area contributed by atoms with Gasteiger partial charge in [0, 0.05) is 36.3 Å². The number of fused-ring (bicyclic) bond motifs is 1. The molecule has 1 amide bonds. The van der Waals surface area contributed by atoms with Crippen molar-refractivity contribution in [3.8, 4) is 11.4 Å². The number of carbonyl (C=O) groups excluding carboxylic acids is 1. The predicted octanol–water partition coefficient (Wildman–Crippen LogP) is 4.46. The molecule has 1 saturated heterocycles. The van der Waals surface area contributed by atoms with Gasteiger partial charge in [-0.1, -0.05) is 32.9 Å². The highest BCUT2D eigenvalue weighted by atomic mass is 16.2. The van der Waals surface area contributed by atoms with Gasteiger partial charge in [-0.05, 0) is 43.5 Å². The Balaban J connectivity index is 1.63. The third-order valence-electron chi connectivity index (χ3n) is 5.46. The lowest BCUT2D eigenvalue weighted by Crippen LogP contribution is -2.44. The minimum atomic E-state index is -0.342. The van der Waals surface area contributed by atoms with Crippen LogP contribution in [0.25, 0.3) is 17.0 Å². The maximum Gasteiger partial charge on any atom is 0.227 e. The second-order valence-electron chi connectivity index (χ2n) is 8.87. The third kappa shape index (κ3) is 3.53. The van der Waals surface area contributed by atoms with Gasteiger partial charge in [-0.2, -0.15) is 0 Å². The van der Waals surface area contributed by atoms with Gasteiger partial charge < -0.3 is 4.90 Å². The summed E-state index contributed by atoms with van der Waals surface area (Å²) in [7, 11) is 0. The predicted molar refractivity (Wildman–Crippen MR) is 111 cm³/mol. The summed E-state index contributed by atoms with van der Waals surface area (Å²) in [5.41, 5.74) is 4.75. The molecule has 3 aromatic rings. The molecular weight excluding hydrogens is 348 g/mol. The molecule has 5 nitrogen and oxygen atoms in total. The molecule has 0 radical (unpaired) electrons. The average Bonchev–Trinajstić information content (AvgIpc) is 3.10. The van der Waals surface area contributed by atoms with Crippen LogP contribution in [-0.4, -0.2) is 38.3 Å². The van der Waals surface area contributed by atoms with E-state index in [1.54, 1.807) is 0 Å². The van der Waals surface area contributed by atoms with E-state index in [9.17, 15) is 4.79 Å². The summed E-state index contributed by atoms with van der Waals surface area (Å²) >= 11 is 0. The zero-order valence-electron chi connectivity index (χ0n) is 17.1. The highest BCUT2D eigenvalue weighted by Crippen LogP contribution is 2.30. The van der Waals surface area contributed by atoms with Crippen LogP contribution in [0.5, 0.6) is 0 Å². The fourth-order valence-electron chi connectivity index (χ4n) is 3.98. The van der Waals surface area contributed by atoms with Gasteiger partial charge in [0.2, 0.25) is 5.91 Å². The van der Waals surface area contributed by atoms with Crippen molar-refractivity contribution in [1.29, 1.82) is 0 Å². The first-order valence-corrected chi connectivity index (χ1v) is 10.0. The third-order valence-corrected chi connectivity index (χ3v) is 5.46. The summed E-state index contributed by atoms with van der Waals surface area (Å²) in [6.07, 6.45) is 6.07. The van der Waals surface area contributed by atoms with Crippen molar-refractivity contribution in [2.24, 2.45) is 5.41 Å². The Kier molecular flexibility index (Phi) is 4.69. The fraction of sp³-hybridized carbons (Fsp3) is 0.435. The molecule has 1 aliphatic heterocycles. The zero-order chi connectivity index (χ0) is 19.9. The van der Waals surface area contributed by atoms with E-state index in [4.69, 9.17) is 4.98 Å². The summed E-state index contributed by atoms with van der Waals surface area (Å²) < 4.78 is 2.09. The largest absolute Gasteiger partial charge is 0.342 e. The van der Waals surface area contributed by atoms with Gasteiger partial charge in [0.15, 0.2) is 0 Å². The smallest absolute Gasteiger partial charge is 0.227 e. The summed E-state index contributed by atoms with van der Waals surface area (Å²) in [5, 5.41) is 0. The number of carbonyl (C=O) groups is 1. The van der Waals surface area contributed by atoms with Gasteiger partial charge in [-0.25, -0.2) is 4.98 Å². The van der Waals surface area contributed by atoms with E-state index >= 15 is 0 Å². The van der Waals surface area contributed by atoms with Gasteiger partial charge >= 0.3 is 0 Å². The van der Waals surface area contributed by atoms with Crippen molar-refractivity contribution in [2.75, 3.05) is 13.1 Å². The van der Waals surface area contributed by atoms with E-state index in [0.29, 0.717) is 0 Å². The van der Waals surface area contributed by atoms with Gasteiger partial charge in [0.1, 0.15) is 5.65 Å². The number of likely N-dealkylation sites (tertiary alicyclic amines) is 1. The van der Waals surface area contributed by atoms with E-state index in [2.05, 4.69) is 40.7 Å². The molecule has 1 atom stereocenters. The molecule has 0 spiro atoms. The fourth-order valence-corrected chi connectivity index (χ4v) is 3.98. The van der Waals surface area contributed by atoms with Crippen LogP contribution in [0.15, 0.2) is 42.7 Å².